The topological polar surface area (TPSA) is 62.3 Å². The first-order valence-electron chi connectivity index (χ1n) is 11.8. The molecule has 3 aromatic rings. The van der Waals surface area contributed by atoms with E-state index in [2.05, 4.69) is 22.4 Å². The molecule has 1 aromatic heterocycles. The van der Waals surface area contributed by atoms with Crippen LogP contribution >= 0.6 is 0 Å². The first-order valence-corrected chi connectivity index (χ1v) is 11.8. The zero-order valence-electron chi connectivity index (χ0n) is 18.7. The van der Waals surface area contributed by atoms with Gasteiger partial charge in [0, 0.05) is 18.3 Å². The zero-order chi connectivity index (χ0) is 22.7. The molecule has 1 saturated carbocycles. The summed E-state index contributed by atoms with van der Waals surface area (Å²) in [6.45, 7) is 0.888. The number of amides is 2. The molecule has 5 heteroatoms. The van der Waals surface area contributed by atoms with E-state index in [9.17, 15) is 9.59 Å². The Morgan fingerprint density at radius 1 is 0.939 bits per heavy atom. The van der Waals surface area contributed by atoms with Crippen LogP contribution in [0.4, 0.5) is 0 Å². The molecule has 168 valence electrons. The van der Waals surface area contributed by atoms with Gasteiger partial charge >= 0.3 is 0 Å². The average molecular weight is 440 g/mol. The normalized spacial score (nSPS) is 19.2. The van der Waals surface area contributed by atoms with Crippen molar-refractivity contribution in [2.45, 2.75) is 56.7 Å². The van der Waals surface area contributed by atoms with Crippen LogP contribution in [0.3, 0.4) is 0 Å². The quantitative estimate of drug-likeness (QED) is 0.619. The van der Waals surface area contributed by atoms with Crippen molar-refractivity contribution in [3.63, 3.8) is 0 Å². The molecule has 2 amide bonds. The van der Waals surface area contributed by atoms with Gasteiger partial charge in [-0.05, 0) is 42.2 Å². The predicted octanol–water partition coefficient (Wildman–Crippen LogP) is 4.84. The number of hydrogen-bond donors (Lipinski definition) is 1. The number of hydrogen-bond acceptors (Lipinski definition) is 3. The van der Waals surface area contributed by atoms with Crippen molar-refractivity contribution < 1.29 is 9.59 Å². The lowest BCUT2D eigenvalue weighted by Gasteiger charge is -2.53. The van der Waals surface area contributed by atoms with E-state index in [-0.39, 0.29) is 11.8 Å². The van der Waals surface area contributed by atoms with Crippen LogP contribution in [0.2, 0.25) is 0 Å². The fraction of sp³-hybridized carbons (Fsp3) is 0.321. The minimum atomic E-state index is -0.520. The molecule has 1 aliphatic carbocycles. The van der Waals surface area contributed by atoms with E-state index in [0.29, 0.717) is 18.7 Å². The lowest BCUT2D eigenvalue weighted by atomic mass is 9.65. The van der Waals surface area contributed by atoms with E-state index in [1.807, 2.05) is 65.6 Å². The second kappa shape index (κ2) is 9.18. The summed E-state index contributed by atoms with van der Waals surface area (Å²) in [6.07, 6.45) is 6.58. The second-order valence-corrected chi connectivity index (χ2v) is 9.10. The summed E-state index contributed by atoms with van der Waals surface area (Å²) in [5, 5.41) is 3.14. The van der Waals surface area contributed by atoms with Crippen LogP contribution in [0.1, 0.15) is 65.2 Å². The van der Waals surface area contributed by atoms with Gasteiger partial charge in [-0.2, -0.15) is 0 Å². The van der Waals surface area contributed by atoms with Gasteiger partial charge in [0.2, 0.25) is 5.91 Å². The molecule has 1 unspecified atom stereocenters. The van der Waals surface area contributed by atoms with Gasteiger partial charge < -0.3 is 10.2 Å². The maximum Gasteiger partial charge on any atom is 0.254 e. The Morgan fingerprint density at radius 2 is 1.67 bits per heavy atom. The fourth-order valence-corrected chi connectivity index (χ4v) is 5.62. The molecule has 1 atom stereocenters. The monoisotopic (exact) mass is 439 g/mol. The Balaban J connectivity index is 1.56. The molecule has 1 N–H and O–H groups in total. The molecule has 0 radical (unpaired) electrons. The molecule has 2 aromatic carbocycles. The number of pyridine rings is 1. The van der Waals surface area contributed by atoms with E-state index in [1.54, 1.807) is 6.20 Å². The largest absolute Gasteiger partial charge is 0.350 e. The Bertz CT molecular complexity index is 1120. The van der Waals surface area contributed by atoms with Crippen LogP contribution in [0, 0.1) is 0 Å². The van der Waals surface area contributed by atoms with Gasteiger partial charge in [0.25, 0.3) is 5.91 Å². The lowest BCUT2D eigenvalue weighted by Crippen LogP contribution is -2.62. The molecular formula is C28H29N3O2. The number of aromatic nitrogens is 1. The molecule has 2 heterocycles. The minimum absolute atomic E-state index is 0.0273. The van der Waals surface area contributed by atoms with Crippen LogP contribution in [0.25, 0.3) is 0 Å². The molecule has 2 aliphatic rings. The predicted molar refractivity (Wildman–Crippen MR) is 127 cm³/mol. The number of rotatable bonds is 5. The highest BCUT2D eigenvalue weighted by atomic mass is 16.2. The summed E-state index contributed by atoms with van der Waals surface area (Å²) < 4.78 is 0. The van der Waals surface area contributed by atoms with Crippen molar-refractivity contribution in [1.29, 1.82) is 0 Å². The highest BCUT2D eigenvalue weighted by Crippen LogP contribution is 2.49. The van der Waals surface area contributed by atoms with Gasteiger partial charge in [-0.15, -0.1) is 0 Å². The third-order valence-corrected chi connectivity index (χ3v) is 7.16. The maximum absolute atomic E-state index is 13.8. The summed E-state index contributed by atoms with van der Waals surface area (Å²) in [6, 6.07) is 23.5. The molecule has 5 rings (SSSR count). The van der Waals surface area contributed by atoms with Gasteiger partial charge in [0.05, 0.1) is 23.7 Å². The van der Waals surface area contributed by atoms with Gasteiger partial charge in [-0.3, -0.25) is 14.6 Å². The number of nitrogens with zero attached hydrogens (tertiary/aromatic N) is 2. The Labute approximate surface area is 194 Å². The van der Waals surface area contributed by atoms with Gasteiger partial charge in [-0.25, -0.2) is 0 Å². The highest BCUT2D eigenvalue weighted by molar-refractivity contribution is 6.02. The SMILES string of the molecule is O=C(NCc1ccccn1)C1c2ccccc2C(=O)N(Cc2ccccc2)C12CCCCC2. The van der Waals surface area contributed by atoms with E-state index >= 15 is 0 Å². The average Bonchev–Trinajstić information content (AvgIpc) is 2.87. The molecule has 0 bridgehead atoms. The molecule has 5 nitrogen and oxygen atoms in total. The molecule has 1 spiro atoms. The van der Waals surface area contributed by atoms with E-state index in [0.717, 1.165) is 48.9 Å². The number of benzene rings is 2. The lowest BCUT2D eigenvalue weighted by molar-refractivity contribution is -0.127. The molecule has 0 saturated heterocycles. The number of carbonyl (C=O) groups excluding carboxylic acids is 2. The number of carbonyl (C=O) groups is 2. The van der Waals surface area contributed by atoms with Crippen molar-refractivity contribution in [1.82, 2.24) is 15.2 Å². The highest BCUT2D eigenvalue weighted by Gasteiger charge is 2.54. The molecular weight excluding hydrogens is 410 g/mol. The van der Waals surface area contributed by atoms with Crippen LogP contribution in [-0.2, 0) is 17.9 Å². The van der Waals surface area contributed by atoms with Gasteiger partial charge in [0.15, 0.2) is 0 Å². The standard InChI is InChI=1S/C28H29N3O2/c32-26(30-19-22-13-7-10-18-29-22)25-23-14-5-6-15-24(23)27(33)31(20-21-11-3-1-4-12-21)28(25)16-8-2-9-17-28/h1,3-7,10-15,18,25H,2,8-9,16-17,19-20H2,(H,30,32). The van der Waals surface area contributed by atoms with Crippen molar-refractivity contribution in [3.8, 4) is 0 Å². The van der Waals surface area contributed by atoms with Crippen LogP contribution in [0.15, 0.2) is 79.0 Å². The van der Waals surface area contributed by atoms with Gasteiger partial charge in [-0.1, -0.05) is 73.9 Å². The summed E-state index contributed by atoms with van der Waals surface area (Å²) in [4.78, 5) is 34.0. The fourth-order valence-electron chi connectivity index (χ4n) is 5.62. The third kappa shape index (κ3) is 4.04. The van der Waals surface area contributed by atoms with Crippen LogP contribution < -0.4 is 5.32 Å². The number of nitrogens with one attached hydrogen (secondary N) is 1. The summed E-state index contributed by atoms with van der Waals surface area (Å²) in [5.41, 5.74) is 2.89. The smallest absolute Gasteiger partial charge is 0.254 e. The Morgan fingerprint density at radius 3 is 2.42 bits per heavy atom. The second-order valence-electron chi connectivity index (χ2n) is 9.10. The first kappa shape index (κ1) is 21.4. The molecule has 1 aliphatic heterocycles. The Hall–Kier alpha value is -3.47. The van der Waals surface area contributed by atoms with Crippen molar-refractivity contribution in [3.05, 3.63) is 101 Å². The van der Waals surface area contributed by atoms with Crippen molar-refractivity contribution >= 4 is 11.8 Å². The Kier molecular flexibility index (Phi) is 5.95. The summed E-state index contributed by atoms with van der Waals surface area (Å²) >= 11 is 0. The maximum atomic E-state index is 13.8. The summed E-state index contributed by atoms with van der Waals surface area (Å²) in [7, 11) is 0. The zero-order valence-corrected chi connectivity index (χ0v) is 18.7. The van der Waals surface area contributed by atoms with E-state index in [4.69, 9.17) is 0 Å². The van der Waals surface area contributed by atoms with Crippen LogP contribution in [0.5, 0.6) is 0 Å². The minimum Gasteiger partial charge on any atom is -0.350 e. The van der Waals surface area contributed by atoms with E-state index in [1.165, 1.54) is 0 Å². The number of fused-ring (bicyclic) bond motifs is 1. The first-order chi connectivity index (χ1) is 16.2. The van der Waals surface area contributed by atoms with Crippen molar-refractivity contribution in [2.75, 3.05) is 0 Å². The van der Waals surface area contributed by atoms with Gasteiger partial charge in [0.1, 0.15) is 0 Å². The summed E-state index contributed by atoms with van der Waals surface area (Å²) in [5.74, 6) is -0.398. The van der Waals surface area contributed by atoms with Crippen molar-refractivity contribution in [2.24, 2.45) is 0 Å². The van der Waals surface area contributed by atoms with E-state index < -0.39 is 11.5 Å². The molecule has 33 heavy (non-hydrogen) atoms. The van der Waals surface area contributed by atoms with Crippen LogP contribution in [-0.4, -0.2) is 27.2 Å². The molecule has 1 fully saturated rings. The third-order valence-electron chi connectivity index (χ3n) is 7.16.